The normalized spacial score (nSPS) is 19.0. The van der Waals surface area contributed by atoms with Crippen molar-refractivity contribution in [1.29, 1.82) is 0 Å². The van der Waals surface area contributed by atoms with Crippen LogP contribution < -0.4 is 4.90 Å². The van der Waals surface area contributed by atoms with Crippen LogP contribution >= 0.6 is 0 Å². The summed E-state index contributed by atoms with van der Waals surface area (Å²) in [6.45, 7) is 6.18. The quantitative estimate of drug-likeness (QED) is 0.814. The lowest BCUT2D eigenvalue weighted by molar-refractivity contribution is 0.103. The Bertz CT molecular complexity index is 729. The summed E-state index contributed by atoms with van der Waals surface area (Å²) >= 11 is 0. The second-order valence-electron chi connectivity index (χ2n) is 5.79. The van der Waals surface area contributed by atoms with Crippen molar-refractivity contribution in [1.82, 2.24) is 19.7 Å². The number of carbonyl (C=O) groups is 1. The van der Waals surface area contributed by atoms with Gasteiger partial charge in [0.1, 0.15) is 12.1 Å². The van der Waals surface area contributed by atoms with Crippen LogP contribution in [0.25, 0.3) is 6.08 Å². The van der Waals surface area contributed by atoms with Gasteiger partial charge in [-0.05, 0) is 44.5 Å². The van der Waals surface area contributed by atoms with E-state index in [1.54, 1.807) is 10.9 Å². The number of aromatic nitrogens is 4. The predicted octanol–water partition coefficient (Wildman–Crippen LogP) is 2.36. The fourth-order valence-corrected chi connectivity index (χ4v) is 2.47. The number of ketones is 1. The van der Waals surface area contributed by atoms with Crippen LogP contribution in [0.4, 0.5) is 5.82 Å². The summed E-state index contributed by atoms with van der Waals surface area (Å²) in [4.78, 5) is 22.9. The number of rotatable bonds is 3. The van der Waals surface area contributed by atoms with E-state index in [9.17, 15) is 4.79 Å². The Morgan fingerprint density at radius 3 is 2.68 bits per heavy atom. The van der Waals surface area contributed by atoms with Crippen LogP contribution in [0, 0.1) is 0 Å². The molecule has 6 heteroatoms. The molecule has 0 radical (unpaired) electrons. The number of Topliss-reactive ketones (excluding diaryl/α,β-unsaturated/α-hetero) is 1. The summed E-state index contributed by atoms with van der Waals surface area (Å²) in [6, 6.07) is 4.23. The van der Waals surface area contributed by atoms with Crippen LogP contribution in [0.5, 0.6) is 0 Å². The molecular weight excluding hydrogens is 278 g/mol. The number of allylic oxidation sites excluding steroid dienone is 1. The van der Waals surface area contributed by atoms with Gasteiger partial charge in [0, 0.05) is 24.9 Å². The molecule has 114 valence electrons. The molecule has 0 bridgehead atoms. The van der Waals surface area contributed by atoms with Crippen LogP contribution in [0.15, 0.2) is 30.2 Å². The van der Waals surface area contributed by atoms with E-state index < -0.39 is 0 Å². The molecule has 0 N–H and O–H groups in total. The minimum absolute atomic E-state index is 0.0617. The monoisotopic (exact) mass is 297 g/mol. The zero-order valence-corrected chi connectivity index (χ0v) is 13.2. The fourth-order valence-electron chi connectivity index (χ4n) is 2.47. The zero-order valence-electron chi connectivity index (χ0n) is 13.2. The molecular formula is C16H19N5O. The zero-order chi connectivity index (χ0) is 15.9. The smallest absolute Gasteiger partial charge is 0.228 e. The maximum Gasteiger partial charge on any atom is 0.228 e. The Balaban J connectivity index is 1.87. The van der Waals surface area contributed by atoms with Crippen molar-refractivity contribution in [2.24, 2.45) is 0 Å². The molecule has 0 aliphatic carbocycles. The summed E-state index contributed by atoms with van der Waals surface area (Å²) in [5, 5.41) is 4.10. The summed E-state index contributed by atoms with van der Waals surface area (Å²) in [5.74, 6) is 1.26. The number of anilines is 1. The molecule has 1 aliphatic rings. The van der Waals surface area contributed by atoms with E-state index >= 15 is 0 Å². The van der Waals surface area contributed by atoms with Crippen molar-refractivity contribution in [2.45, 2.75) is 32.9 Å². The number of pyridine rings is 1. The topological polar surface area (TPSA) is 63.9 Å². The van der Waals surface area contributed by atoms with Gasteiger partial charge in [0.25, 0.3) is 0 Å². The molecule has 0 saturated heterocycles. The fraction of sp³-hybridized carbons (Fsp3) is 0.375. The number of hydrogen-bond donors (Lipinski definition) is 0. The first-order chi connectivity index (χ1) is 10.5. The third-order valence-corrected chi connectivity index (χ3v) is 4.08. The van der Waals surface area contributed by atoms with Gasteiger partial charge in [-0.3, -0.25) is 4.79 Å². The molecule has 1 unspecified atom stereocenters. The molecule has 0 amide bonds. The van der Waals surface area contributed by atoms with Gasteiger partial charge < -0.3 is 4.90 Å². The molecule has 1 aliphatic heterocycles. The summed E-state index contributed by atoms with van der Waals surface area (Å²) in [7, 11) is 2.01. The van der Waals surface area contributed by atoms with Crippen molar-refractivity contribution in [3.05, 3.63) is 41.6 Å². The van der Waals surface area contributed by atoms with E-state index in [-0.39, 0.29) is 11.8 Å². The van der Waals surface area contributed by atoms with Crippen LogP contribution in [0.1, 0.15) is 43.0 Å². The number of hydrogen-bond acceptors (Lipinski definition) is 5. The summed E-state index contributed by atoms with van der Waals surface area (Å²) in [6.07, 6.45) is 5.07. The first-order valence-electron chi connectivity index (χ1n) is 7.33. The van der Waals surface area contributed by atoms with E-state index in [1.165, 1.54) is 6.33 Å². The largest absolute Gasteiger partial charge is 0.357 e. The van der Waals surface area contributed by atoms with Crippen molar-refractivity contribution >= 4 is 17.7 Å². The predicted molar refractivity (Wildman–Crippen MR) is 84.8 cm³/mol. The van der Waals surface area contributed by atoms with E-state index in [2.05, 4.69) is 33.8 Å². The Kier molecular flexibility index (Phi) is 3.52. The molecule has 22 heavy (non-hydrogen) atoms. The van der Waals surface area contributed by atoms with Crippen molar-refractivity contribution in [3.63, 3.8) is 0 Å². The van der Waals surface area contributed by atoms with E-state index in [1.807, 2.05) is 32.2 Å². The van der Waals surface area contributed by atoms with Gasteiger partial charge in [-0.25, -0.2) is 14.6 Å². The third kappa shape index (κ3) is 2.30. The molecule has 6 nitrogen and oxygen atoms in total. The molecule has 0 spiro atoms. The minimum Gasteiger partial charge on any atom is -0.357 e. The minimum atomic E-state index is -0.0944. The van der Waals surface area contributed by atoms with Crippen LogP contribution in [0.2, 0.25) is 0 Å². The van der Waals surface area contributed by atoms with Gasteiger partial charge in [0.2, 0.25) is 5.78 Å². The lowest BCUT2D eigenvalue weighted by Crippen LogP contribution is -2.26. The second-order valence-corrected chi connectivity index (χ2v) is 5.79. The molecule has 0 saturated carbocycles. The summed E-state index contributed by atoms with van der Waals surface area (Å²) in [5.41, 5.74) is 1.60. The maximum absolute atomic E-state index is 12.3. The first-order valence-corrected chi connectivity index (χ1v) is 7.33. The number of carbonyl (C=O) groups excluding carboxylic acids is 1. The van der Waals surface area contributed by atoms with Crippen LogP contribution in [0.3, 0.4) is 0 Å². The average Bonchev–Trinajstić information content (AvgIpc) is 3.07. The number of fused-ring (bicyclic) bond motifs is 1. The van der Waals surface area contributed by atoms with Crippen LogP contribution in [-0.2, 0) is 0 Å². The van der Waals surface area contributed by atoms with Gasteiger partial charge in [0.05, 0.1) is 6.04 Å². The highest BCUT2D eigenvalue weighted by Crippen LogP contribution is 2.30. The van der Waals surface area contributed by atoms with Gasteiger partial charge in [-0.1, -0.05) is 0 Å². The molecule has 2 aromatic heterocycles. The Hall–Kier alpha value is -2.50. The maximum atomic E-state index is 12.3. The molecule has 1 atom stereocenters. The Morgan fingerprint density at radius 2 is 2.09 bits per heavy atom. The van der Waals surface area contributed by atoms with Crippen molar-refractivity contribution in [2.75, 3.05) is 11.9 Å². The first kappa shape index (κ1) is 14.4. The average molecular weight is 297 g/mol. The molecule has 3 heterocycles. The Labute approximate surface area is 129 Å². The Morgan fingerprint density at radius 1 is 1.32 bits per heavy atom. The van der Waals surface area contributed by atoms with E-state index in [0.717, 1.165) is 11.4 Å². The number of nitrogens with zero attached hydrogens (tertiary/aromatic N) is 5. The van der Waals surface area contributed by atoms with Gasteiger partial charge in [0.15, 0.2) is 5.82 Å². The highest BCUT2D eigenvalue weighted by Gasteiger charge is 2.33. The standard InChI is InChI=1S/C16H19N5O/c1-10(2)20(4)14-6-5-12(8-17-14)7-13-11(3)21-16(15(13)22)18-9-19-21/h5-11H,1-4H3. The molecule has 0 fully saturated rings. The lowest BCUT2D eigenvalue weighted by atomic mass is 10.0. The van der Waals surface area contributed by atoms with Gasteiger partial charge >= 0.3 is 0 Å². The highest BCUT2D eigenvalue weighted by atomic mass is 16.1. The molecule has 0 aromatic carbocycles. The molecule has 3 rings (SSSR count). The second kappa shape index (κ2) is 5.36. The van der Waals surface area contributed by atoms with Gasteiger partial charge in [-0.15, -0.1) is 0 Å². The van der Waals surface area contributed by atoms with Crippen LogP contribution in [-0.4, -0.2) is 38.6 Å². The third-order valence-electron chi connectivity index (χ3n) is 4.08. The highest BCUT2D eigenvalue weighted by molar-refractivity contribution is 6.11. The summed E-state index contributed by atoms with van der Waals surface area (Å²) < 4.78 is 1.66. The van der Waals surface area contributed by atoms with E-state index in [0.29, 0.717) is 17.4 Å². The SMILES string of the molecule is CC(C)N(C)c1ccc(C=C2C(=O)c3ncnn3C2C)cn1. The van der Waals surface area contributed by atoms with Gasteiger partial charge in [-0.2, -0.15) is 5.10 Å². The van der Waals surface area contributed by atoms with E-state index in [4.69, 9.17) is 0 Å². The van der Waals surface area contributed by atoms with Crippen molar-refractivity contribution < 1.29 is 4.79 Å². The lowest BCUT2D eigenvalue weighted by Gasteiger charge is -2.22. The van der Waals surface area contributed by atoms with Crippen molar-refractivity contribution in [3.8, 4) is 0 Å². The molecule has 2 aromatic rings.